The number of hydrogen-bond donors (Lipinski definition) is 1. The maximum atomic E-state index is 5.95. The van der Waals surface area contributed by atoms with Crippen molar-refractivity contribution in [2.45, 2.75) is 45.8 Å². The molecule has 1 atom stereocenters. The second-order valence-electron chi connectivity index (χ2n) is 5.39. The topological polar surface area (TPSA) is 44.5 Å². The lowest BCUT2D eigenvalue weighted by atomic mass is 10.1. The number of ether oxygens (including phenoxy) is 2. The molecule has 3 heteroatoms. The normalized spacial score (nSPS) is 13.4. The third-order valence-electron chi connectivity index (χ3n) is 2.64. The van der Waals surface area contributed by atoms with Crippen LogP contribution in [-0.2, 0) is 4.74 Å². The fourth-order valence-corrected chi connectivity index (χ4v) is 1.55. The molecule has 102 valence electrons. The zero-order valence-corrected chi connectivity index (χ0v) is 11.9. The van der Waals surface area contributed by atoms with Crippen molar-refractivity contribution in [2.75, 3.05) is 13.2 Å². The van der Waals surface area contributed by atoms with Crippen LogP contribution >= 0.6 is 0 Å². The fourth-order valence-electron chi connectivity index (χ4n) is 1.55. The molecule has 0 aliphatic rings. The van der Waals surface area contributed by atoms with Gasteiger partial charge in [-0.3, -0.25) is 0 Å². The molecule has 0 unspecified atom stereocenters. The molecule has 0 aliphatic heterocycles. The monoisotopic (exact) mass is 251 g/mol. The minimum absolute atomic E-state index is 0.110. The predicted molar refractivity (Wildman–Crippen MR) is 74.9 cm³/mol. The van der Waals surface area contributed by atoms with Gasteiger partial charge in [-0.25, -0.2) is 0 Å². The Bertz CT molecular complexity index is 341. The molecule has 0 heterocycles. The summed E-state index contributed by atoms with van der Waals surface area (Å²) in [4.78, 5) is 0. The van der Waals surface area contributed by atoms with Crippen LogP contribution in [0.1, 0.15) is 45.7 Å². The van der Waals surface area contributed by atoms with Crippen LogP contribution < -0.4 is 10.5 Å². The minimum atomic E-state index is -0.110. The first-order valence-corrected chi connectivity index (χ1v) is 6.54. The number of rotatable bonds is 6. The van der Waals surface area contributed by atoms with Crippen molar-refractivity contribution in [2.24, 2.45) is 5.73 Å². The second-order valence-corrected chi connectivity index (χ2v) is 5.39. The molecule has 0 spiro atoms. The van der Waals surface area contributed by atoms with Gasteiger partial charge in [0, 0.05) is 6.04 Å². The van der Waals surface area contributed by atoms with Crippen LogP contribution in [0.25, 0.3) is 0 Å². The smallest absolute Gasteiger partial charge is 0.119 e. The van der Waals surface area contributed by atoms with Gasteiger partial charge in [-0.15, -0.1) is 0 Å². The Labute approximate surface area is 110 Å². The average Bonchev–Trinajstić information content (AvgIpc) is 2.33. The summed E-state index contributed by atoms with van der Waals surface area (Å²) in [7, 11) is 0. The summed E-state index contributed by atoms with van der Waals surface area (Å²) in [5.74, 6) is 0.861. The van der Waals surface area contributed by atoms with Crippen molar-refractivity contribution >= 4 is 0 Å². The first-order valence-electron chi connectivity index (χ1n) is 6.54. The van der Waals surface area contributed by atoms with E-state index in [9.17, 15) is 0 Å². The SMILES string of the molecule is CC[C@@H](N)c1ccc(OCCOC(C)(C)C)cc1. The molecule has 0 fully saturated rings. The van der Waals surface area contributed by atoms with Crippen LogP contribution in [-0.4, -0.2) is 18.8 Å². The van der Waals surface area contributed by atoms with E-state index in [1.54, 1.807) is 0 Å². The van der Waals surface area contributed by atoms with E-state index in [1.807, 2.05) is 45.0 Å². The highest BCUT2D eigenvalue weighted by molar-refractivity contribution is 5.28. The van der Waals surface area contributed by atoms with Gasteiger partial charge in [-0.05, 0) is 44.9 Å². The molecule has 0 aliphatic carbocycles. The van der Waals surface area contributed by atoms with Gasteiger partial charge < -0.3 is 15.2 Å². The van der Waals surface area contributed by atoms with E-state index < -0.39 is 0 Å². The van der Waals surface area contributed by atoms with Gasteiger partial charge in [0.25, 0.3) is 0 Å². The number of nitrogens with two attached hydrogens (primary N) is 1. The Morgan fingerprint density at radius 2 is 1.72 bits per heavy atom. The van der Waals surface area contributed by atoms with E-state index in [-0.39, 0.29) is 11.6 Å². The molecular formula is C15H25NO2. The van der Waals surface area contributed by atoms with Crippen LogP contribution in [0.4, 0.5) is 0 Å². The van der Waals surface area contributed by atoms with Crippen LogP contribution in [0, 0.1) is 0 Å². The molecule has 0 radical (unpaired) electrons. The zero-order chi connectivity index (χ0) is 13.6. The quantitative estimate of drug-likeness (QED) is 0.789. The first-order chi connectivity index (χ1) is 8.42. The van der Waals surface area contributed by atoms with Crippen molar-refractivity contribution in [1.29, 1.82) is 0 Å². The van der Waals surface area contributed by atoms with Crippen molar-refractivity contribution in [3.63, 3.8) is 0 Å². The van der Waals surface area contributed by atoms with Crippen LogP contribution in [0.3, 0.4) is 0 Å². The molecule has 1 aromatic carbocycles. The van der Waals surface area contributed by atoms with Gasteiger partial charge in [0.05, 0.1) is 12.2 Å². The first kappa shape index (κ1) is 15.0. The Morgan fingerprint density at radius 1 is 1.11 bits per heavy atom. The Morgan fingerprint density at radius 3 is 2.22 bits per heavy atom. The van der Waals surface area contributed by atoms with Gasteiger partial charge in [0.1, 0.15) is 12.4 Å². The van der Waals surface area contributed by atoms with E-state index in [0.717, 1.165) is 17.7 Å². The molecule has 0 bridgehead atoms. The van der Waals surface area contributed by atoms with Gasteiger partial charge >= 0.3 is 0 Å². The minimum Gasteiger partial charge on any atom is -0.491 e. The van der Waals surface area contributed by atoms with Gasteiger partial charge in [-0.1, -0.05) is 19.1 Å². The third kappa shape index (κ3) is 5.52. The standard InChI is InChI=1S/C15H25NO2/c1-5-14(16)12-6-8-13(9-7-12)17-10-11-18-15(2,3)4/h6-9,14H,5,10-11,16H2,1-4H3/t14-/m1/s1. The Balaban J connectivity index is 2.35. The summed E-state index contributed by atoms with van der Waals surface area (Å²) in [5.41, 5.74) is 6.99. The molecule has 0 saturated carbocycles. The maximum absolute atomic E-state index is 5.95. The molecule has 0 aromatic heterocycles. The molecule has 1 rings (SSSR count). The summed E-state index contributed by atoms with van der Waals surface area (Å²) >= 11 is 0. The lowest BCUT2D eigenvalue weighted by Gasteiger charge is -2.19. The summed E-state index contributed by atoms with van der Waals surface area (Å²) in [6.07, 6.45) is 0.944. The van der Waals surface area contributed by atoms with Crippen LogP contribution in [0.2, 0.25) is 0 Å². The molecule has 18 heavy (non-hydrogen) atoms. The van der Waals surface area contributed by atoms with Crippen molar-refractivity contribution in [3.05, 3.63) is 29.8 Å². The summed E-state index contributed by atoms with van der Waals surface area (Å²) in [6, 6.07) is 8.08. The Kier molecular flexibility index (Phi) is 5.63. The highest BCUT2D eigenvalue weighted by Crippen LogP contribution is 2.18. The second kappa shape index (κ2) is 6.76. The van der Waals surface area contributed by atoms with Crippen molar-refractivity contribution < 1.29 is 9.47 Å². The van der Waals surface area contributed by atoms with Crippen molar-refractivity contribution in [1.82, 2.24) is 0 Å². The predicted octanol–water partition coefficient (Wildman–Crippen LogP) is 3.29. The maximum Gasteiger partial charge on any atom is 0.119 e. The molecule has 1 aromatic rings. The molecule has 3 nitrogen and oxygen atoms in total. The highest BCUT2D eigenvalue weighted by atomic mass is 16.5. The summed E-state index contributed by atoms with van der Waals surface area (Å²) in [5, 5.41) is 0. The lowest BCUT2D eigenvalue weighted by molar-refractivity contribution is -0.0163. The number of benzene rings is 1. The fraction of sp³-hybridized carbons (Fsp3) is 0.600. The molecular weight excluding hydrogens is 226 g/mol. The molecule has 0 amide bonds. The lowest BCUT2D eigenvalue weighted by Crippen LogP contribution is -2.22. The average molecular weight is 251 g/mol. The summed E-state index contributed by atoms with van der Waals surface area (Å²) < 4.78 is 11.2. The van der Waals surface area contributed by atoms with Gasteiger partial charge in [-0.2, -0.15) is 0 Å². The number of hydrogen-bond acceptors (Lipinski definition) is 3. The van der Waals surface area contributed by atoms with E-state index in [4.69, 9.17) is 15.2 Å². The Hall–Kier alpha value is -1.06. The van der Waals surface area contributed by atoms with Crippen LogP contribution in [0.15, 0.2) is 24.3 Å². The molecule has 0 saturated heterocycles. The van der Waals surface area contributed by atoms with Crippen LogP contribution in [0.5, 0.6) is 5.75 Å². The largest absolute Gasteiger partial charge is 0.491 e. The van der Waals surface area contributed by atoms with E-state index in [1.165, 1.54) is 0 Å². The van der Waals surface area contributed by atoms with Gasteiger partial charge in [0.15, 0.2) is 0 Å². The van der Waals surface area contributed by atoms with Gasteiger partial charge in [0.2, 0.25) is 0 Å². The third-order valence-corrected chi connectivity index (χ3v) is 2.64. The van der Waals surface area contributed by atoms with Crippen molar-refractivity contribution in [3.8, 4) is 5.75 Å². The van der Waals surface area contributed by atoms with E-state index in [0.29, 0.717) is 13.2 Å². The van der Waals surface area contributed by atoms with E-state index >= 15 is 0 Å². The van der Waals surface area contributed by atoms with E-state index in [2.05, 4.69) is 6.92 Å². The summed E-state index contributed by atoms with van der Waals surface area (Å²) in [6.45, 7) is 9.35. The zero-order valence-electron chi connectivity index (χ0n) is 11.9. The molecule has 2 N–H and O–H groups in total. The highest BCUT2D eigenvalue weighted by Gasteiger charge is 2.09.